The Balaban J connectivity index is 2.65. The molecular formula is C11H19N3O2. The number of aliphatic hydroxyl groups is 1. The summed E-state index contributed by atoms with van der Waals surface area (Å²) >= 11 is 0. The van der Waals surface area contributed by atoms with Crippen LogP contribution >= 0.6 is 0 Å². The van der Waals surface area contributed by atoms with Crippen molar-refractivity contribution in [3.63, 3.8) is 0 Å². The van der Waals surface area contributed by atoms with E-state index in [1.807, 2.05) is 13.8 Å². The van der Waals surface area contributed by atoms with E-state index in [1.54, 1.807) is 19.3 Å². The van der Waals surface area contributed by atoms with Gasteiger partial charge in [-0.25, -0.2) is 0 Å². The van der Waals surface area contributed by atoms with Crippen molar-refractivity contribution >= 4 is 5.91 Å². The fourth-order valence-electron chi connectivity index (χ4n) is 1.55. The molecule has 0 aliphatic rings. The maximum Gasteiger partial charge on any atom is 0.269 e. The topological polar surface area (TPSA) is 67.2 Å². The van der Waals surface area contributed by atoms with Crippen molar-refractivity contribution in [1.82, 2.24) is 15.1 Å². The maximum absolute atomic E-state index is 11.9. The highest BCUT2D eigenvalue weighted by atomic mass is 16.3. The Morgan fingerprint density at radius 3 is 2.75 bits per heavy atom. The van der Waals surface area contributed by atoms with E-state index in [-0.39, 0.29) is 18.6 Å². The molecule has 5 heteroatoms. The van der Waals surface area contributed by atoms with Gasteiger partial charge < -0.3 is 10.4 Å². The fraction of sp³-hybridized carbons (Fsp3) is 0.636. The largest absolute Gasteiger partial charge is 0.396 e. The Bertz CT molecular complexity index is 347. The first-order valence-corrected chi connectivity index (χ1v) is 5.46. The van der Waals surface area contributed by atoms with Crippen LogP contribution in [-0.4, -0.2) is 33.4 Å². The number of aryl methyl sites for hydroxylation is 1. The molecule has 0 bridgehead atoms. The predicted octanol–water partition coefficient (Wildman–Crippen LogP) is 0.557. The zero-order chi connectivity index (χ0) is 12.1. The molecule has 16 heavy (non-hydrogen) atoms. The summed E-state index contributed by atoms with van der Waals surface area (Å²) in [7, 11) is 1.73. The van der Waals surface area contributed by atoms with Gasteiger partial charge in [0.15, 0.2) is 0 Å². The van der Waals surface area contributed by atoms with Gasteiger partial charge in [-0.05, 0) is 18.4 Å². The lowest BCUT2D eigenvalue weighted by molar-refractivity contribution is 0.0907. The minimum Gasteiger partial charge on any atom is -0.396 e. The summed E-state index contributed by atoms with van der Waals surface area (Å²) in [5.74, 6) is 0.150. The van der Waals surface area contributed by atoms with Crippen molar-refractivity contribution in [3.8, 4) is 0 Å². The molecule has 5 nitrogen and oxygen atoms in total. The highest BCUT2D eigenvalue weighted by Crippen LogP contribution is 2.07. The molecular weight excluding hydrogens is 206 g/mol. The van der Waals surface area contributed by atoms with E-state index in [9.17, 15) is 4.79 Å². The van der Waals surface area contributed by atoms with Crippen LogP contribution in [0.5, 0.6) is 0 Å². The first kappa shape index (κ1) is 12.7. The lowest BCUT2D eigenvalue weighted by Crippen LogP contribution is -2.39. The quantitative estimate of drug-likeness (QED) is 0.769. The van der Waals surface area contributed by atoms with Gasteiger partial charge in [-0.15, -0.1) is 0 Å². The Hall–Kier alpha value is -1.36. The standard InChI is InChI=1S/C11H19N3O2/c1-8(2)9(5-7-15)13-11(16)10-4-6-12-14(10)3/h4,6,8-9,15H,5,7H2,1-3H3,(H,13,16). The van der Waals surface area contributed by atoms with Gasteiger partial charge >= 0.3 is 0 Å². The lowest BCUT2D eigenvalue weighted by atomic mass is 10.0. The second-order valence-corrected chi connectivity index (χ2v) is 4.18. The van der Waals surface area contributed by atoms with Crippen LogP contribution in [0.2, 0.25) is 0 Å². The number of carbonyl (C=O) groups excluding carboxylic acids is 1. The number of nitrogens with zero attached hydrogens (tertiary/aromatic N) is 2. The van der Waals surface area contributed by atoms with Gasteiger partial charge in [0.1, 0.15) is 5.69 Å². The molecule has 0 radical (unpaired) electrons. The van der Waals surface area contributed by atoms with E-state index >= 15 is 0 Å². The Morgan fingerprint density at radius 1 is 1.62 bits per heavy atom. The van der Waals surface area contributed by atoms with E-state index in [0.717, 1.165) is 0 Å². The van der Waals surface area contributed by atoms with Crippen molar-refractivity contribution in [2.75, 3.05) is 6.61 Å². The van der Waals surface area contributed by atoms with Gasteiger partial charge in [-0.1, -0.05) is 13.8 Å². The van der Waals surface area contributed by atoms with Gasteiger partial charge in [0, 0.05) is 25.9 Å². The molecule has 0 saturated carbocycles. The van der Waals surface area contributed by atoms with E-state index < -0.39 is 0 Å². The summed E-state index contributed by atoms with van der Waals surface area (Å²) in [4.78, 5) is 11.9. The van der Waals surface area contributed by atoms with Crippen molar-refractivity contribution < 1.29 is 9.90 Å². The van der Waals surface area contributed by atoms with Gasteiger partial charge in [-0.3, -0.25) is 9.48 Å². The first-order chi connectivity index (χ1) is 7.56. The number of amides is 1. The molecule has 1 aromatic rings. The molecule has 2 N–H and O–H groups in total. The van der Waals surface area contributed by atoms with Gasteiger partial charge in [0.05, 0.1) is 0 Å². The third-order valence-corrected chi connectivity index (χ3v) is 2.61. The fourth-order valence-corrected chi connectivity index (χ4v) is 1.55. The number of aliphatic hydroxyl groups excluding tert-OH is 1. The molecule has 1 atom stereocenters. The summed E-state index contributed by atoms with van der Waals surface area (Å²) < 4.78 is 1.53. The highest BCUT2D eigenvalue weighted by Gasteiger charge is 2.18. The van der Waals surface area contributed by atoms with Crippen LogP contribution in [-0.2, 0) is 7.05 Å². The predicted molar refractivity (Wildman–Crippen MR) is 61.0 cm³/mol. The zero-order valence-electron chi connectivity index (χ0n) is 9.97. The molecule has 1 unspecified atom stereocenters. The monoisotopic (exact) mass is 225 g/mol. The van der Waals surface area contributed by atoms with Gasteiger partial charge in [0.2, 0.25) is 0 Å². The number of hydrogen-bond donors (Lipinski definition) is 2. The molecule has 1 aromatic heterocycles. The second kappa shape index (κ2) is 5.65. The molecule has 0 aliphatic carbocycles. The maximum atomic E-state index is 11.9. The SMILES string of the molecule is CC(C)C(CCO)NC(=O)c1ccnn1C. The van der Waals surface area contributed by atoms with Crippen LogP contribution in [0, 0.1) is 5.92 Å². The zero-order valence-corrected chi connectivity index (χ0v) is 9.97. The summed E-state index contributed by atoms with van der Waals surface area (Å²) in [5, 5.41) is 15.8. The van der Waals surface area contributed by atoms with Crippen molar-refractivity contribution in [2.24, 2.45) is 13.0 Å². The number of hydrogen-bond acceptors (Lipinski definition) is 3. The molecule has 1 amide bonds. The number of carbonyl (C=O) groups is 1. The molecule has 0 fully saturated rings. The molecule has 1 rings (SSSR count). The molecule has 90 valence electrons. The van der Waals surface area contributed by atoms with Crippen LogP contribution in [0.1, 0.15) is 30.8 Å². The van der Waals surface area contributed by atoms with Crippen LogP contribution in [0.25, 0.3) is 0 Å². The van der Waals surface area contributed by atoms with E-state index in [4.69, 9.17) is 5.11 Å². The van der Waals surface area contributed by atoms with Crippen molar-refractivity contribution in [3.05, 3.63) is 18.0 Å². The van der Waals surface area contributed by atoms with Crippen molar-refractivity contribution in [1.29, 1.82) is 0 Å². The summed E-state index contributed by atoms with van der Waals surface area (Å²) in [6, 6.07) is 1.67. The van der Waals surface area contributed by atoms with E-state index in [2.05, 4.69) is 10.4 Å². The van der Waals surface area contributed by atoms with Crippen LogP contribution in [0.4, 0.5) is 0 Å². The smallest absolute Gasteiger partial charge is 0.269 e. The number of aromatic nitrogens is 2. The van der Waals surface area contributed by atoms with Gasteiger partial charge in [-0.2, -0.15) is 5.10 Å². The van der Waals surface area contributed by atoms with Gasteiger partial charge in [0.25, 0.3) is 5.91 Å². The van der Waals surface area contributed by atoms with Crippen molar-refractivity contribution in [2.45, 2.75) is 26.3 Å². The van der Waals surface area contributed by atoms with Crippen LogP contribution in [0.3, 0.4) is 0 Å². The summed E-state index contributed by atoms with van der Waals surface area (Å²) in [6.07, 6.45) is 2.16. The third-order valence-electron chi connectivity index (χ3n) is 2.61. The third kappa shape index (κ3) is 3.06. The Labute approximate surface area is 95.5 Å². The average Bonchev–Trinajstić information content (AvgIpc) is 2.63. The lowest BCUT2D eigenvalue weighted by Gasteiger charge is -2.21. The van der Waals surface area contributed by atoms with E-state index in [0.29, 0.717) is 18.0 Å². The summed E-state index contributed by atoms with van der Waals surface area (Å²) in [5.41, 5.74) is 0.531. The van der Waals surface area contributed by atoms with Crippen LogP contribution in [0.15, 0.2) is 12.3 Å². The van der Waals surface area contributed by atoms with Crippen LogP contribution < -0.4 is 5.32 Å². The average molecular weight is 225 g/mol. The second-order valence-electron chi connectivity index (χ2n) is 4.18. The normalized spacial score (nSPS) is 12.8. The molecule has 0 saturated heterocycles. The Morgan fingerprint density at radius 2 is 2.31 bits per heavy atom. The number of nitrogens with one attached hydrogen (secondary N) is 1. The molecule has 0 aromatic carbocycles. The molecule has 1 heterocycles. The highest BCUT2D eigenvalue weighted by molar-refractivity contribution is 5.92. The minimum atomic E-state index is -0.146. The molecule has 0 aliphatic heterocycles. The minimum absolute atomic E-state index is 0.00704. The number of rotatable bonds is 5. The molecule has 0 spiro atoms. The summed E-state index contributed by atoms with van der Waals surface area (Å²) in [6.45, 7) is 4.11. The van der Waals surface area contributed by atoms with E-state index in [1.165, 1.54) is 4.68 Å². The Kier molecular flexibility index (Phi) is 4.49. The first-order valence-electron chi connectivity index (χ1n) is 5.46.